The number of thioether (sulfide) groups is 1. The molecule has 0 aromatic heterocycles. The molecular formula is C31H30Co2O9SSi. The second kappa shape index (κ2) is 30.7. The molecule has 13 heteroatoms. The van der Waals surface area contributed by atoms with E-state index in [-0.39, 0.29) is 49.6 Å². The van der Waals surface area contributed by atoms with Crippen LogP contribution < -0.4 is 0 Å². The smallest absolute Gasteiger partial charge is 0 e. The molecule has 0 amide bonds. The predicted molar refractivity (Wildman–Crippen MR) is 149 cm³/mol. The van der Waals surface area contributed by atoms with Crippen LogP contribution in [0.5, 0.6) is 0 Å². The summed E-state index contributed by atoms with van der Waals surface area (Å²) in [7, 11) is -2.28. The number of allylic oxidation sites excluding steroid dienone is 2. The molecule has 1 aromatic rings. The summed E-state index contributed by atoms with van der Waals surface area (Å²) in [5.41, 5.74) is -1.19. The summed E-state index contributed by atoms with van der Waals surface area (Å²) in [6, 6.07) is 10.0. The summed E-state index contributed by atoms with van der Waals surface area (Å²) in [5, 5.41) is 10.8. The Bertz CT molecular complexity index is 1180. The van der Waals surface area contributed by atoms with Crippen LogP contribution in [0.4, 0.5) is 0 Å². The molecule has 0 unspecified atom stereocenters. The summed E-state index contributed by atoms with van der Waals surface area (Å²) in [6.45, 7) is 37.7. The van der Waals surface area contributed by atoms with Crippen molar-refractivity contribution in [3.8, 4) is 23.7 Å². The molecule has 4 atom stereocenters. The number of hydrogen-bond acceptors (Lipinski definition) is 4. The summed E-state index contributed by atoms with van der Waals surface area (Å²) in [4.78, 5) is 15.0. The molecule has 1 N–H and O–H groups in total. The Morgan fingerprint density at radius 3 is 1.80 bits per heavy atom. The molecule has 1 fully saturated rings. The molecule has 236 valence electrons. The van der Waals surface area contributed by atoms with E-state index in [0.717, 1.165) is 11.3 Å². The standard InChI is InChI=1S/C25H30O3SSi.6CO.2Co/c1-24(2,3)30(4,5)28-25-17-12-7-6-11-15-20(26)22(23(25)27)21(16-18-25)29-19-13-9-8-10-14-19;6*1-2;;/h6-10,13-14,20-22,26H,16,18H2,1-5H3;;;;;;;;/b7-6-;;;;;;;;/t20-,21+,22-,25-;;;;;;;;/m1......../s1. The summed E-state index contributed by atoms with van der Waals surface area (Å²) in [5.74, 6) is 11.0. The average Bonchev–Trinajstić information content (AvgIpc) is 3.02. The number of rotatable bonds is 4. The van der Waals surface area contributed by atoms with Gasteiger partial charge in [-0.3, -0.25) is 4.79 Å². The average molecular weight is 725 g/mol. The van der Waals surface area contributed by atoms with Crippen molar-refractivity contribution in [2.24, 2.45) is 5.92 Å². The Morgan fingerprint density at radius 2 is 1.34 bits per heavy atom. The number of benzene rings is 1. The van der Waals surface area contributed by atoms with Gasteiger partial charge in [-0.15, -0.1) is 11.8 Å². The van der Waals surface area contributed by atoms with Crippen molar-refractivity contribution >= 4 is 25.9 Å². The quantitative estimate of drug-likeness (QED) is 0.208. The van der Waals surface area contributed by atoms with Crippen LogP contribution in [0.15, 0.2) is 47.4 Å². The van der Waals surface area contributed by atoms with E-state index in [4.69, 9.17) is 32.3 Å². The third-order valence-corrected chi connectivity index (χ3v) is 12.1. The van der Waals surface area contributed by atoms with Crippen LogP contribution >= 0.6 is 11.8 Å². The molecule has 0 heterocycles. The molecule has 3 rings (SSSR count). The Kier molecular flexibility index (Phi) is 37.8. The Morgan fingerprint density at radius 1 is 0.886 bits per heavy atom. The largest absolute Gasteiger partial charge is 0 e. The number of Topliss-reactive ketones (excluding diaryl/α,β-unsaturated/α-hetero) is 1. The first-order valence-electron chi connectivity index (χ1n) is 11.6. The molecule has 9 nitrogen and oxygen atoms in total. The third kappa shape index (κ3) is 17.2. The van der Waals surface area contributed by atoms with Gasteiger partial charge in [-0.05, 0) is 55.3 Å². The first kappa shape index (κ1) is 54.2. The van der Waals surface area contributed by atoms with E-state index in [9.17, 15) is 9.90 Å². The van der Waals surface area contributed by atoms with Crippen molar-refractivity contribution in [1.82, 2.24) is 0 Å². The fraction of sp³-hybridized carbons (Fsp3) is 0.387. The molecule has 44 heavy (non-hydrogen) atoms. The van der Waals surface area contributed by atoms with Crippen LogP contribution in [0.3, 0.4) is 0 Å². The topological polar surface area (TPSA) is 166 Å². The first-order chi connectivity index (χ1) is 20.1. The monoisotopic (exact) mass is 724 g/mol. The number of hydrogen-bond donors (Lipinski definition) is 1. The molecule has 2 aliphatic rings. The number of carbonyl (C=O) groups excluding carboxylic acids is 1. The van der Waals surface area contributed by atoms with E-state index >= 15 is 0 Å². The minimum absolute atomic E-state index is 0. The zero-order valence-corrected chi connectivity index (χ0v) is 28.4. The van der Waals surface area contributed by atoms with Gasteiger partial charge in [0, 0.05) is 43.7 Å². The molecule has 0 aliphatic heterocycles. The van der Waals surface area contributed by atoms with Gasteiger partial charge >= 0.3 is 67.8 Å². The number of aliphatic hydroxyl groups excluding tert-OH is 1. The first-order valence-corrected chi connectivity index (χ1v) is 15.4. The normalized spacial score (nSPS) is 20.6. The fourth-order valence-electron chi connectivity index (χ4n) is 3.54. The molecule has 2 radical (unpaired) electrons. The molecule has 0 saturated heterocycles. The van der Waals surface area contributed by atoms with E-state index in [1.165, 1.54) is 0 Å². The van der Waals surface area contributed by atoms with E-state index in [0.29, 0.717) is 6.42 Å². The Balaban J connectivity index is -0.000000231. The molecule has 1 aromatic carbocycles. The predicted octanol–water partition coefficient (Wildman–Crippen LogP) is 4.59. The number of fused-ring (bicyclic) bond motifs is 2. The van der Waals surface area contributed by atoms with Gasteiger partial charge in [0.2, 0.25) is 0 Å². The van der Waals surface area contributed by atoms with Gasteiger partial charge in [-0.25, -0.2) is 0 Å². The molecule has 1 saturated carbocycles. The van der Waals surface area contributed by atoms with Crippen molar-refractivity contribution in [1.29, 1.82) is 0 Å². The van der Waals surface area contributed by atoms with Crippen molar-refractivity contribution in [2.75, 3.05) is 0 Å². The molecule has 2 aliphatic carbocycles. The minimum Gasteiger partial charge on any atom is 0 e. The van der Waals surface area contributed by atoms with Gasteiger partial charge in [0.25, 0.3) is 0 Å². The van der Waals surface area contributed by atoms with Crippen molar-refractivity contribution in [3.05, 3.63) is 82.4 Å². The van der Waals surface area contributed by atoms with Crippen LogP contribution in [-0.4, -0.2) is 36.2 Å². The van der Waals surface area contributed by atoms with Gasteiger partial charge in [-0.1, -0.05) is 62.7 Å². The Hall–Kier alpha value is -2.31. The SMILES string of the molecule is CC(C)(C)[Si](C)(C)O[C@@]12C#C/C=C\C#C[C@@H](O)[C@@H](C1=O)[C@@H](Sc1ccccc1)CC2.[C-]#[O+].[C-]#[O+].[C-]#[O+].[C-]#[O+].[C-]#[O+].[C-]#[O+].[Co].[Co]. The second-order valence-corrected chi connectivity index (χ2v) is 15.5. The summed E-state index contributed by atoms with van der Waals surface area (Å²) >= 11 is 1.63. The van der Waals surface area contributed by atoms with Gasteiger partial charge in [0.15, 0.2) is 19.7 Å². The summed E-state index contributed by atoms with van der Waals surface area (Å²) in [6.07, 6.45) is 3.46. The third-order valence-electron chi connectivity index (χ3n) is 6.24. The number of aliphatic hydroxyl groups is 1. The van der Waals surface area contributed by atoms with E-state index < -0.39 is 25.9 Å². The van der Waals surface area contributed by atoms with Crippen LogP contribution in [0.2, 0.25) is 18.1 Å². The Labute approximate surface area is 286 Å². The van der Waals surface area contributed by atoms with Crippen molar-refractivity contribution in [3.63, 3.8) is 0 Å². The molecular weight excluding hydrogens is 694 g/mol. The van der Waals surface area contributed by atoms with Crippen molar-refractivity contribution in [2.45, 2.75) is 73.6 Å². The van der Waals surface area contributed by atoms with Crippen LogP contribution in [-0.2, 0) is 70.7 Å². The minimum atomic E-state index is -2.28. The zero-order valence-electron chi connectivity index (χ0n) is 24.5. The van der Waals surface area contributed by atoms with Crippen LogP contribution in [0.25, 0.3) is 0 Å². The van der Waals surface area contributed by atoms with Crippen LogP contribution in [0, 0.1) is 69.5 Å². The van der Waals surface area contributed by atoms with Crippen LogP contribution in [0.1, 0.15) is 33.6 Å². The maximum Gasteiger partial charge on any atom is 0 e. The summed E-state index contributed by atoms with van der Waals surface area (Å²) < 4.78 is 51.7. The number of carbonyl (C=O) groups is 1. The van der Waals surface area contributed by atoms with E-state index in [2.05, 4.69) is 97.4 Å². The zero-order chi connectivity index (χ0) is 34.0. The second-order valence-electron chi connectivity index (χ2n) is 9.42. The van der Waals surface area contributed by atoms with Gasteiger partial charge in [-0.2, -0.15) is 0 Å². The van der Waals surface area contributed by atoms with Gasteiger partial charge in [0.1, 0.15) is 6.10 Å². The van der Waals surface area contributed by atoms with Crippen molar-refractivity contribution < 1.29 is 75.8 Å². The van der Waals surface area contributed by atoms with Gasteiger partial charge < -0.3 is 9.53 Å². The van der Waals surface area contributed by atoms with E-state index in [1.54, 1.807) is 23.9 Å². The maximum absolute atomic E-state index is 13.9. The molecule has 2 bridgehead atoms. The number of ketones is 1. The maximum atomic E-state index is 13.9. The van der Waals surface area contributed by atoms with Gasteiger partial charge in [0.05, 0.1) is 5.92 Å². The fourth-order valence-corrected chi connectivity index (χ4v) is 6.29. The van der Waals surface area contributed by atoms with E-state index in [1.807, 2.05) is 30.3 Å². The molecule has 0 spiro atoms.